The van der Waals surface area contributed by atoms with Crippen LogP contribution in [0, 0.1) is 0 Å². The molecule has 1 amide bonds. The summed E-state index contributed by atoms with van der Waals surface area (Å²) in [6.45, 7) is 1.42. The van der Waals surface area contributed by atoms with E-state index < -0.39 is 0 Å². The van der Waals surface area contributed by atoms with E-state index in [2.05, 4.69) is 15.3 Å². The molecule has 0 bridgehead atoms. The van der Waals surface area contributed by atoms with Crippen molar-refractivity contribution in [3.8, 4) is 0 Å². The molecule has 21 heavy (non-hydrogen) atoms. The van der Waals surface area contributed by atoms with Gasteiger partial charge in [0.1, 0.15) is 9.71 Å². The van der Waals surface area contributed by atoms with E-state index in [9.17, 15) is 4.79 Å². The molecule has 0 radical (unpaired) electrons. The Labute approximate surface area is 125 Å². The molecule has 6 nitrogen and oxygen atoms in total. The molecule has 3 N–H and O–H groups in total. The second kappa shape index (κ2) is 5.92. The van der Waals surface area contributed by atoms with Gasteiger partial charge in [0.15, 0.2) is 0 Å². The molecular formula is C14H15N5OS. The Morgan fingerprint density at radius 2 is 2.33 bits per heavy atom. The molecule has 0 aliphatic carbocycles. The van der Waals surface area contributed by atoms with Crippen LogP contribution >= 0.6 is 11.3 Å². The summed E-state index contributed by atoms with van der Waals surface area (Å²) in [4.78, 5) is 21.7. The van der Waals surface area contributed by atoms with Crippen molar-refractivity contribution in [2.75, 3.05) is 12.3 Å². The number of nitrogen functional groups attached to an aromatic ring is 1. The van der Waals surface area contributed by atoms with Gasteiger partial charge >= 0.3 is 0 Å². The molecule has 108 valence electrons. The summed E-state index contributed by atoms with van der Waals surface area (Å²) in [6, 6.07) is 3.70. The molecular weight excluding hydrogens is 286 g/mol. The van der Waals surface area contributed by atoms with E-state index in [4.69, 9.17) is 5.73 Å². The summed E-state index contributed by atoms with van der Waals surface area (Å²) in [5, 5.41) is 3.73. The van der Waals surface area contributed by atoms with Crippen LogP contribution in [0.25, 0.3) is 10.2 Å². The number of aromatic nitrogens is 3. The minimum Gasteiger partial charge on any atom is -0.397 e. The Balaban J connectivity index is 1.60. The number of nitrogens with one attached hydrogen (secondary N) is 1. The minimum absolute atomic E-state index is 0.138. The van der Waals surface area contributed by atoms with Gasteiger partial charge < -0.3 is 15.6 Å². The lowest BCUT2D eigenvalue weighted by Crippen LogP contribution is -2.25. The molecule has 3 aromatic heterocycles. The number of carbonyl (C=O) groups is 1. The van der Waals surface area contributed by atoms with Crippen LogP contribution in [0.1, 0.15) is 16.1 Å². The van der Waals surface area contributed by atoms with Crippen molar-refractivity contribution < 1.29 is 4.79 Å². The Morgan fingerprint density at radius 1 is 1.43 bits per heavy atom. The highest BCUT2D eigenvalue weighted by Gasteiger charge is 2.16. The van der Waals surface area contributed by atoms with Gasteiger partial charge in [0.05, 0.1) is 12.0 Å². The maximum atomic E-state index is 12.2. The number of thiophene rings is 1. The maximum Gasteiger partial charge on any atom is 0.263 e. The molecule has 3 heterocycles. The normalized spacial score (nSPS) is 10.9. The van der Waals surface area contributed by atoms with Crippen molar-refractivity contribution in [3.63, 3.8) is 0 Å². The number of fused-ring (bicyclic) bond motifs is 1. The van der Waals surface area contributed by atoms with Crippen LogP contribution in [0.3, 0.4) is 0 Å². The van der Waals surface area contributed by atoms with Crippen molar-refractivity contribution >= 4 is 33.1 Å². The van der Waals surface area contributed by atoms with E-state index in [1.807, 2.05) is 22.9 Å². The molecule has 0 saturated carbocycles. The monoisotopic (exact) mass is 301 g/mol. The topological polar surface area (TPSA) is 85.8 Å². The number of rotatable bonds is 5. The van der Waals surface area contributed by atoms with Crippen LogP contribution in [0.15, 0.2) is 37.1 Å². The lowest BCUT2D eigenvalue weighted by Gasteiger charge is -2.05. The van der Waals surface area contributed by atoms with Gasteiger partial charge in [-0.05, 0) is 18.6 Å². The molecule has 7 heteroatoms. The second-order valence-electron chi connectivity index (χ2n) is 4.61. The SMILES string of the molecule is Nc1c(C(=O)NCCCn2ccnc2)sc2ncccc12. The summed E-state index contributed by atoms with van der Waals surface area (Å²) in [7, 11) is 0. The molecule has 0 aliphatic rings. The number of hydrogen-bond donors (Lipinski definition) is 2. The number of hydrogen-bond acceptors (Lipinski definition) is 5. The van der Waals surface area contributed by atoms with Gasteiger partial charge in [0.25, 0.3) is 5.91 Å². The molecule has 0 atom stereocenters. The molecule has 0 aliphatic heterocycles. The third kappa shape index (κ3) is 2.87. The summed E-state index contributed by atoms with van der Waals surface area (Å²) >= 11 is 1.32. The van der Waals surface area contributed by atoms with E-state index in [0.29, 0.717) is 17.1 Å². The van der Waals surface area contributed by atoms with Crippen LogP contribution < -0.4 is 11.1 Å². The van der Waals surface area contributed by atoms with Crippen LogP contribution in [0.5, 0.6) is 0 Å². The quantitative estimate of drug-likeness (QED) is 0.705. The van der Waals surface area contributed by atoms with Crippen molar-refractivity contribution in [1.82, 2.24) is 19.9 Å². The van der Waals surface area contributed by atoms with Gasteiger partial charge in [-0.25, -0.2) is 9.97 Å². The first-order valence-electron chi connectivity index (χ1n) is 6.62. The fourth-order valence-electron chi connectivity index (χ4n) is 2.08. The first-order chi connectivity index (χ1) is 10.3. The van der Waals surface area contributed by atoms with Crippen LogP contribution in [0.4, 0.5) is 5.69 Å². The van der Waals surface area contributed by atoms with Crippen LogP contribution in [-0.4, -0.2) is 27.0 Å². The zero-order valence-corrected chi connectivity index (χ0v) is 12.1. The minimum atomic E-state index is -0.138. The smallest absolute Gasteiger partial charge is 0.263 e. The van der Waals surface area contributed by atoms with E-state index in [-0.39, 0.29) is 5.91 Å². The summed E-state index contributed by atoms with van der Waals surface area (Å²) in [5.74, 6) is -0.138. The standard InChI is InChI=1S/C14H15N5OS/c15-11-10-3-1-4-18-14(10)21-12(11)13(20)17-5-2-7-19-8-6-16-9-19/h1,3-4,6,8-9H,2,5,7,15H2,(H,17,20). The number of carbonyl (C=O) groups excluding carboxylic acids is 1. The van der Waals surface area contributed by atoms with Crippen molar-refractivity contribution in [3.05, 3.63) is 41.9 Å². The van der Waals surface area contributed by atoms with E-state index >= 15 is 0 Å². The fraction of sp³-hybridized carbons (Fsp3) is 0.214. The van der Waals surface area contributed by atoms with Crippen molar-refractivity contribution in [2.24, 2.45) is 0 Å². The molecule has 3 rings (SSSR count). The Hall–Kier alpha value is -2.41. The van der Waals surface area contributed by atoms with Gasteiger partial charge in [-0.15, -0.1) is 11.3 Å². The fourth-order valence-corrected chi connectivity index (χ4v) is 3.06. The highest BCUT2D eigenvalue weighted by molar-refractivity contribution is 7.21. The average Bonchev–Trinajstić information content (AvgIpc) is 3.12. The van der Waals surface area contributed by atoms with Crippen LogP contribution in [0.2, 0.25) is 0 Å². The van der Waals surface area contributed by atoms with Gasteiger partial charge in [-0.3, -0.25) is 4.79 Å². The Kier molecular flexibility index (Phi) is 3.83. The van der Waals surface area contributed by atoms with E-state index in [0.717, 1.165) is 23.2 Å². The lowest BCUT2D eigenvalue weighted by atomic mass is 10.2. The number of imidazole rings is 1. The zero-order chi connectivity index (χ0) is 14.7. The third-order valence-corrected chi connectivity index (χ3v) is 4.28. The highest BCUT2D eigenvalue weighted by Crippen LogP contribution is 2.31. The Bertz CT molecular complexity index is 750. The predicted molar refractivity (Wildman–Crippen MR) is 83.2 cm³/mol. The number of nitrogens with two attached hydrogens (primary N) is 1. The summed E-state index contributed by atoms with van der Waals surface area (Å²) < 4.78 is 1.98. The number of anilines is 1. The largest absolute Gasteiger partial charge is 0.397 e. The van der Waals surface area contributed by atoms with Gasteiger partial charge in [0, 0.05) is 37.1 Å². The lowest BCUT2D eigenvalue weighted by molar-refractivity contribution is 0.0957. The average molecular weight is 301 g/mol. The molecule has 0 aromatic carbocycles. The molecule has 0 unspecified atom stereocenters. The van der Waals surface area contributed by atoms with Gasteiger partial charge in [-0.1, -0.05) is 0 Å². The molecule has 0 saturated heterocycles. The summed E-state index contributed by atoms with van der Waals surface area (Å²) in [6.07, 6.45) is 7.94. The van der Waals surface area contributed by atoms with Crippen LogP contribution in [-0.2, 0) is 6.54 Å². The number of aryl methyl sites for hydroxylation is 1. The molecule has 0 fully saturated rings. The maximum absolute atomic E-state index is 12.2. The highest BCUT2D eigenvalue weighted by atomic mass is 32.1. The zero-order valence-electron chi connectivity index (χ0n) is 11.3. The van der Waals surface area contributed by atoms with Gasteiger partial charge in [0.2, 0.25) is 0 Å². The first kappa shape index (κ1) is 13.6. The van der Waals surface area contributed by atoms with Crippen molar-refractivity contribution in [1.29, 1.82) is 0 Å². The first-order valence-corrected chi connectivity index (χ1v) is 7.44. The number of nitrogens with zero attached hydrogens (tertiary/aromatic N) is 3. The summed E-state index contributed by atoms with van der Waals surface area (Å²) in [5.41, 5.74) is 6.53. The van der Waals surface area contributed by atoms with Crippen molar-refractivity contribution in [2.45, 2.75) is 13.0 Å². The third-order valence-electron chi connectivity index (χ3n) is 3.15. The Morgan fingerprint density at radius 3 is 3.10 bits per heavy atom. The van der Waals surface area contributed by atoms with E-state index in [1.165, 1.54) is 11.3 Å². The predicted octanol–water partition coefficient (Wildman–Crippen LogP) is 1.90. The second-order valence-corrected chi connectivity index (χ2v) is 5.61. The molecule has 0 spiro atoms. The number of amides is 1. The van der Waals surface area contributed by atoms with E-state index in [1.54, 1.807) is 18.7 Å². The molecule has 3 aromatic rings. The van der Waals surface area contributed by atoms with Gasteiger partial charge in [-0.2, -0.15) is 0 Å². The number of pyridine rings is 1.